The van der Waals surface area contributed by atoms with Gasteiger partial charge in [0.2, 0.25) is 5.69 Å². The number of allylic oxidation sites excluding steroid dienone is 2. The maximum absolute atomic E-state index is 6.86. The van der Waals surface area contributed by atoms with Crippen molar-refractivity contribution in [2.24, 2.45) is 0 Å². The third kappa shape index (κ3) is 2.16. The lowest BCUT2D eigenvalue weighted by Gasteiger charge is -2.03. The zero-order valence-corrected chi connectivity index (χ0v) is 8.13. The number of aromatic nitrogens is 1. The Morgan fingerprint density at radius 2 is 2.00 bits per heavy atom. The highest BCUT2D eigenvalue weighted by atomic mass is 14.7. The molecule has 0 aliphatic rings. The van der Waals surface area contributed by atoms with Crippen LogP contribution >= 0.6 is 0 Å². The molecule has 0 spiro atoms. The lowest BCUT2D eigenvalue weighted by atomic mass is 10.1. The van der Waals surface area contributed by atoms with Crippen LogP contribution in [0.15, 0.2) is 24.0 Å². The van der Waals surface area contributed by atoms with Crippen LogP contribution in [0.1, 0.15) is 26.3 Å². The summed E-state index contributed by atoms with van der Waals surface area (Å²) in [5.74, 6) is 0. The van der Waals surface area contributed by atoms with Gasteiger partial charge in [0, 0.05) is 12.4 Å². The van der Waals surface area contributed by atoms with E-state index in [4.69, 9.17) is 6.57 Å². The summed E-state index contributed by atoms with van der Waals surface area (Å²) in [5, 5.41) is 0. The van der Waals surface area contributed by atoms with Crippen LogP contribution in [0.3, 0.4) is 0 Å². The molecular weight excluding hydrogens is 160 g/mol. The minimum absolute atomic E-state index is 0.595. The van der Waals surface area contributed by atoms with Crippen LogP contribution in [0.25, 0.3) is 10.4 Å². The Labute approximate surface area is 78.8 Å². The van der Waals surface area contributed by atoms with Crippen LogP contribution in [-0.2, 0) is 0 Å². The van der Waals surface area contributed by atoms with Gasteiger partial charge >= 0.3 is 0 Å². The first-order valence-electron chi connectivity index (χ1n) is 4.12. The highest BCUT2D eigenvalue weighted by molar-refractivity contribution is 5.68. The van der Waals surface area contributed by atoms with E-state index in [0.717, 1.165) is 5.56 Å². The van der Waals surface area contributed by atoms with Gasteiger partial charge in [0.25, 0.3) is 0 Å². The smallest absolute Gasteiger partial charge is 0.205 e. The molecule has 0 unspecified atom stereocenters. The summed E-state index contributed by atoms with van der Waals surface area (Å²) in [7, 11) is 0. The van der Waals surface area contributed by atoms with Crippen LogP contribution < -0.4 is 0 Å². The molecular formula is C11H12N2. The maximum Gasteiger partial charge on any atom is 0.205 e. The monoisotopic (exact) mass is 172 g/mol. The number of hydrogen-bond donors (Lipinski definition) is 0. The van der Waals surface area contributed by atoms with E-state index < -0.39 is 0 Å². The maximum atomic E-state index is 6.86. The summed E-state index contributed by atoms with van der Waals surface area (Å²) in [6, 6.07) is 1.86. The molecule has 0 aliphatic carbocycles. The van der Waals surface area contributed by atoms with Gasteiger partial charge in [0.05, 0.1) is 6.57 Å². The minimum atomic E-state index is 0.595. The number of pyridine rings is 1. The molecule has 2 heteroatoms. The first-order valence-corrected chi connectivity index (χ1v) is 4.12. The second-order valence-corrected chi connectivity index (χ2v) is 3.17. The molecule has 1 heterocycles. The highest BCUT2D eigenvalue weighted by Gasteiger charge is 1.99. The number of rotatable bonds is 1. The largest absolute Gasteiger partial charge is 0.276 e. The van der Waals surface area contributed by atoms with E-state index in [2.05, 4.69) is 23.7 Å². The van der Waals surface area contributed by atoms with Crippen LogP contribution in [0, 0.1) is 6.57 Å². The van der Waals surface area contributed by atoms with Gasteiger partial charge in [-0.15, -0.1) is 0 Å². The van der Waals surface area contributed by atoms with Crippen LogP contribution in [0.5, 0.6) is 0 Å². The van der Waals surface area contributed by atoms with E-state index >= 15 is 0 Å². The molecule has 0 atom stereocenters. The van der Waals surface area contributed by atoms with Gasteiger partial charge in [0.15, 0.2) is 0 Å². The molecule has 0 aromatic carbocycles. The molecule has 0 radical (unpaired) electrons. The molecule has 1 aromatic rings. The van der Waals surface area contributed by atoms with Crippen molar-refractivity contribution in [3.63, 3.8) is 0 Å². The van der Waals surface area contributed by atoms with E-state index in [9.17, 15) is 0 Å². The van der Waals surface area contributed by atoms with Crippen molar-refractivity contribution in [2.75, 3.05) is 0 Å². The lowest BCUT2D eigenvalue weighted by molar-refractivity contribution is 1.29. The Hall–Kier alpha value is -1.62. The molecule has 2 nitrogen and oxygen atoms in total. The topological polar surface area (TPSA) is 17.2 Å². The van der Waals surface area contributed by atoms with Gasteiger partial charge in [-0.2, -0.15) is 0 Å². The normalized spacial score (nSPS) is 9.08. The molecule has 0 bridgehead atoms. The Morgan fingerprint density at radius 1 is 1.31 bits per heavy atom. The summed E-state index contributed by atoms with van der Waals surface area (Å²) >= 11 is 0. The van der Waals surface area contributed by atoms with Crippen LogP contribution in [-0.4, -0.2) is 4.98 Å². The molecule has 13 heavy (non-hydrogen) atoms. The summed E-state index contributed by atoms with van der Waals surface area (Å²) < 4.78 is 0. The number of nitrogens with zero attached hydrogens (tertiary/aromatic N) is 2. The Balaban J connectivity index is 3.19. The van der Waals surface area contributed by atoms with Crippen molar-refractivity contribution in [1.29, 1.82) is 0 Å². The average molecular weight is 172 g/mol. The van der Waals surface area contributed by atoms with Gasteiger partial charge in [-0.3, -0.25) is 4.98 Å². The molecule has 0 saturated carbocycles. The molecule has 0 fully saturated rings. The molecule has 66 valence electrons. The standard InChI is InChI=1S/C11H12N2/c1-8(2)9(3)10-5-11(12-4)7-13-6-10/h5-7H,1-3H3. The predicted octanol–water partition coefficient (Wildman–Crippen LogP) is 3.45. The fourth-order valence-electron chi connectivity index (χ4n) is 0.983. The van der Waals surface area contributed by atoms with Gasteiger partial charge < -0.3 is 0 Å². The third-order valence-corrected chi connectivity index (χ3v) is 2.04. The van der Waals surface area contributed by atoms with Gasteiger partial charge in [0.1, 0.15) is 0 Å². The molecule has 0 saturated heterocycles. The van der Waals surface area contributed by atoms with Crippen LogP contribution in [0.4, 0.5) is 5.69 Å². The first kappa shape index (κ1) is 9.47. The Kier molecular flexibility index (Phi) is 2.81. The summed E-state index contributed by atoms with van der Waals surface area (Å²) in [6.45, 7) is 13.0. The molecule has 1 aromatic heterocycles. The quantitative estimate of drug-likeness (QED) is 0.593. The van der Waals surface area contributed by atoms with Crippen molar-refractivity contribution in [1.82, 2.24) is 4.98 Å². The zero-order valence-electron chi connectivity index (χ0n) is 8.13. The summed E-state index contributed by atoms with van der Waals surface area (Å²) in [6.07, 6.45) is 3.37. The summed E-state index contributed by atoms with van der Waals surface area (Å²) in [5.41, 5.74) is 4.08. The third-order valence-electron chi connectivity index (χ3n) is 2.04. The highest BCUT2D eigenvalue weighted by Crippen LogP contribution is 2.20. The Morgan fingerprint density at radius 3 is 2.54 bits per heavy atom. The van der Waals surface area contributed by atoms with Gasteiger partial charge in [-0.25, -0.2) is 4.85 Å². The van der Waals surface area contributed by atoms with Crippen molar-refractivity contribution >= 4 is 11.3 Å². The molecule has 0 amide bonds. The van der Waals surface area contributed by atoms with Crippen molar-refractivity contribution in [3.05, 3.63) is 41.0 Å². The van der Waals surface area contributed by atoms with Crippen molar-refractivity contribution in [3.8, 4) is 0 Å². The molecule has 0 N–H and O–H groups in total. The number of hydrogen-bond acceptors (Lipinski definition) is 1. The fourth-order valence-corrected chi connectivity index (χ4v) is 0.983. The average Bonchev–Trinajstić information content (AvgIpc) is 2.16. The minimum Gasteiger partial charge on any atom is -0.276 e. The lowest BCUT2D eigenvalue weighted by Crippen LogP contribution is -1.83. The van der Waals surface area contributed by atoms with Crippen molar-refractivity contribution in [2.45, 2.75) is 20.8 Å². The van der Waals surface area contributed by atoms with E-state index in [1.807, 2.05) is 13.0 Å². The summed E-state index contributed by atoms with van der Waals surface area (Å²) in [4.78, 5) is 7.35. The van der Waals surface area contributed by atoms with E-state index in [0.29, 0.717) is 5.69 Å². The van der Waals surface area contributed by atoms with Gasteiger partial charge in [-0.05, 0) is 38.0 Å². The van der Waals surface area contributed by atoms with Crippen LogP contribution in [0.2, 0.25) is 0 Å². The second kappa shape index (κ2) is 3.86. The first-order chi connectivity index (χ1) is 6.15. The second-order valence-electron chi connectivity index (χ2n) is 3.17. The molecule has 0 aliphatic heterocycles. The Bertz CT molecular complexity index is 379. The zero-order chi connectivity index (χ0) is 9.84. The van der Waals surface area contributed by atoms with E-state index in [1.54, 1.807) is 12.4 Å². The fraction of sp³-hybridized carbons (Fsp3) is 0.273. The van der Waals surface area contributed by atoms with Gasteiger partial charge in [-0.1, -0.05) is 5.57 Å². The van der Waals surface area contributed by atoms with E-state index in [-0.39, 0.29) is 0 Å². The van der Waals surface area contributed by atoms with Crippen molar-refractivity contribution < 1.29 is 0 Å². The SMILES string of the molecule is [C-]#[N+]c1cncc(C(C)=C(C)C)c1. The predicted molar refractivity (Wildman–Crippen MR) is 54.4 cm³/mol. The van der Waals surface area contributed by atoms with E-state index in [1.165, 1.54) is 11.1 Å². The molecule has 1 rings (SSSR count).